The summed E-state index contributed by atoms with van der Waals surface area (Å²) in [6, 6.07) is 8.63. The largest absolute Gasteiger partial charge is 0.463 e. The van der Waals surface area contributed by atoms with E-state index >= 15 is 0 Å². The van der Waals surface area contributed by atoms with Crippen LogP contribution in [0, 0.1) is 6.57 Å². The third-order valence-electron chi connectivity index (χ3n) is 2.87. The first-order valence-corrected chi connectivity index (χ1v) is 7.14. The normalized spacial score (nSPS) is 13.4. The number of esters is 1. The molecule has 0 aliphatic rings. The van der Waals surface area contributed by atoms with Crippen molar-refractivity contribution in [3.05, 3.63) is 57.5 Å². The Labute approximate surface area is 131 Å². The Morgan fingerprint density at radius 3 is 2.55 bits per heavy atom. The highest BCUT2D eigenvalue weighted by Gasteiger charge is 2.48. The molecule has 4 nitrogen and oxygen atoms in total. The molecule has 0 aliphatic heterocycles. The second-order valence-corrected chi connectivity index (χ2v) is 4.89. The Hall–Kier alpha value is -1.68. The van der Waals surface area contributed by atoms with E-state index in [-0.39, 0.29) is 18.6 Å². The summed E-state index contributed by atoms with van der Waals surface area (Å²) < 4.78 is 6.42. The van der Waals surface area contributed by atoms with Crippen molar-refractivity contribution in [2.45, 2.75) is 18.4 Å². The molecule has 20 heavy (non-hydrogen) atoms. The molecule has 5 heteroatoms. The number of benzene rings is 1. The average Bonchev–Trinajstić information content (AvgIpc) is 2.51. The summed E-state index contributed by atoms with van der Waals surface area (Å²) in [6.07, 6.45) is 1.66. The van der Waals surface area contributed by atoms with E-state index in [1.165, 1.54) is 7.11 Å². The maximum Gasteiger partial charge on any atom is 0.393 e. The number of ether oxygens (including phenoxy) is 1. The van der Waals surface area contributed by atoms with Gasteiger partial charge in [0, 0.05) is 5.56 Å². The van der Waals surface area contributed by atoms with Crippen molar-refractivity contribution >= 4 is 34.3 Å². The molecule has 0 spiro atoms. The highest BCUT2D eigenvalue weighted by Crippen LogP contribution is 2.26. The number of carbonyl (C=O) groups is 2. The average molecular weight is 383 g/mol. The Bertz CT molecular complexity index is 548. The van der Waals surface area contributed by atoms with E-state index in [2.05, 4.69) is 4.85 Å². The first kappa shape index (κ1) is 16.4. The maximum atomic E-state index is 12.2. The van der Waals surface area contributed by atoms with Crippen molar-refractivity contribution in [1.29, 1.82) is 0 Å². The number of rotatable bonds is 6. The van der Waals surface area contributed by atoms with E-state index in [9.17, 15) is 9.59 Å². The van der Waals surface area contributed by atoms with Crippen LogP contribution in [0.2, 0.25) is 0 Å². The minimum absolute atomic E-state index is 0.157. The van der Waals surface area contributed by atoms with Crippen LogP contribution in [0.15, 0.2) is 40.5 Å². The Morgan fingerprint density at radius 1 is 1.40 bits per heavy atom. The molecule has 1 aromatic carbocycles. The second-order valence-electron chi connectivity index (χ2n) is 4.17. The molecule has 0 saturated heterocycles. The Morgan fingerprint density at radius 2 is 2.05 bits per heavy atom. The molecule has 0 N–H and O–H groups in total. The van der Waals surface area contributed by atoms with Gasteiger partial charge in [-0.15, -0.1) is 0 Å². The predicted octanol–water partition coefficient (Wildman–Crippen LogP) is 3.43. The van der Waals surface area contributed by atoms with E-state index in [1.807, 2.05) is 22.6 Å². The molecular formula is C15H14INO3. The van der Waals surface area contributed by atoms with Crippen LogP contribution in [0.4, 0.5) is 0 Å². The van der Waals surface area contributed by atoms with Gasteiger partial charge in [0.1, 0.15) is 6.42 Å². The number of hydrogen-bond acceptors (Lipinski definition) is 3. The van der Waals surface area contributed by atoms with E-state index in [4.69, 9.17) is 11.3 Å². The molecule has 0 amide bonds. The van der Waals surface area contributed by atoms with Gasteiger partial charge in [0.15, 0.2) is 5.78 Å². The highest BCUT2D eigenvalue weighted by atomic mass is 127. The number of methoxy groups -OCH3 is 1. The topological polar surface area (TPSA) is 47.7 Å². The fourth-order valence-electron chi connectivity index (χ4n) is 1.78. The lowest BCUT2D eigenvalue weighted by atomic mass is 9.88. The smallest absolute Gasteiger partial charge is 0.393 e. The van der Waals surface area contributed by atoms with Gasteiger partial charge >= 0.3 is 11.5 Å². The van der Waals surface area contributed by atoms with Crippen LogP contribution >= 0.6 is 22.6 Å². The number of hydrogen-bond donors (Lipinski definition) is 0. The molecular weight excluding hydrogens is 369 g/mol. The fraction of sp³-hybridized carbons (Fsp3) is 0.267. The summed E-state index contributed by atoms with van der Waals surface area (Å²) >= 11 is 2.00. The Balaban J connectivity index is 3.04. The summed E-state index contributed by atoms with van der Waals surface area (Å²) in [7, 11) is 1.23. The van der Waals surface area contributed by atoms with E-state index in [0.717, 1.165) is 0 Å². The maximum absolute atomic E-state index is 12.2. The van der Waals surface area contributed by atoms with E-state index in [0.29, 0.717) is 5.56 Å². The number of halogens is 1. The second kappa shape index (κ2) is 7.80. The molecule has 1 aromatic rings. The van der Waals surface area contributed by atoms with Crippen molar-refractivity contribution in [2.24, 2.45) is 0 Å². The van der Waals surface area contributed by atoms with E-state index in [1.54, 1.807) is 40.5 Å². The highest BCUT2D eigenvalue weighted by molar-refractivity contribution is 14.1. The molecule has 0 aliphatic carbocycles. The lowest BCUT2D eigenvalue weighted by Gasteiger charge is -2.17. The monoisotopic (exact) mass is 383 g/mol. The molecule has 0 aromatic heterocycles. The third kappa shape index (κ3) is 3.90. The van der Waals surface area contributed by atoms with Crippen molar-refractivity contribution in [3.8, 4) is 0 Å². The van der Waals surface area contributed by atoms with Gasteiger partial charge in [-0.1, -0.05) is 59.0 Å². The predicted molar refractivity (Wildman–Crippen MR) is 84.5 cm³/mol. The molecule has 0 saturated carbocycles. The molecule has 0 radical (unpaired) electrons. The zero-order valence-electron chi connectivity index (χ0n) is 11.0. The van der Waals surface area contributed by atoms with Gasteiger partial charge in [0.2, 0.25) is 0 Å². The van der Waals surface area contributed by atoms with Crippen molar-refractivity contribution in [3.63, 3.8) is 0 Å². The van der Waals surface area contributed by atoms with Crippen LogP contribution in [0.1, 0.15) is 23.2 Å². The lowest BCUT2D eigenvalue weighted by molar-refractivity contribution is -0.145. The minimum Gasteiger partial charge on any atom is -0.463 e. The van der Waals surface area contributed by atoms with Crippen LogP contribution in [0.25, 0.3) is 4.85 Å². The van der Waals surface area contributed by atoms with Gasteiger partial charge in [0.05, 0.1) is 13.5 Å². The van der Waals surface area contributed by atoms with Crippen LogP contribution in [0.5, 0.6) is 0 Å². The summed E-state index contributed by atoms with van der Waals surface area (Å²) in [5, 5.41) is 0. The molecule has 104 valence electrons. The lowest BCUT2D eigenvalue weighted by Crippen LogP contribution is -2.38. The molecule has 1 atom stereocenters. The molecule has 0 bridgehead atoms. The van der Waals surface area contributed by atoms with Crippen LogP contribution < -0.4 is 0 Å². The summed E-state index contributed by atoms with van der Waals surface area (Å²) in [6.45, 7) is 7.31. The van der Waals surface area contributed by atoms with Crippen LogP contribution in [0.3, 0.4) is 0 Å². The van der Waals surface area contributed by atoms with Gasteiger partial charge in [-0.3, -0.25) is 9.64 Å². The van der Waals surface area contributed by atoms with Crippen molar-refractivity contribution < 1.29 is 14.3 Å². The minimum atomic E-state index is -1.48. The van der Waals surface area contributed by atoms with Gasteiger partial charge in [-0.25, -0.2) is 11.4 Å². The SMILES string of the molecule is [C-]#[N+][C@](CC=CI)(CC(=O)c1ccccc1)C(=O)OC. The summed E-state index contributed by atoms with van der Waals surface area (Å²) in [5.74, 6) is -0.917. The number of Topliss-reactive ketones (excluding diaryl/α,β-unsaturated/α-hetero) is 1. The quantitative estimate of drug-likeness (QED) is 0.327. The Kier molecular flexibility index (Phi) is 6.39. The van der Waals surface area contributed by atoms with E-state index < -0.39 is 11.5 Å². The van der Waals surface area contributed by atoms with Crippen LogP contribution in [-0.4, -0.2) is 24.4 Å². The summed E-state index contributed by atoms with van der Waals surface area (Å²) in [4.78, 5) is 27.5. The molecule has 0 unspecified atom stereocenters. The van der Waals surface area contributed by atoms with Gasteiger partial charge in [-0.2, -0.15) is 0 Å². The fourth-order valence-corrected chi connectivity index (χ4v) is 2.03. The third-order valence-corrected chi connectivity index (χ3v) is 3.38. The first-order chi connectivity index (χ1) is 9.59. The van der Waals surface area contributed by atoms with Crippen molar-refractivity contribution in [1.82, 2.24) is 0 Å². The van der Waals surface area contributed by atoms with Gasteiger partial charge < -0.3 is 4.74 Å². The van der Waals surface area contributed by atoms with Gasteiger partial charge in [-0.05, 0) is 4.08 Å². The number of nitrogens with zero attached hydrogens (tertiary/aromatic N) is 1. The van der Waals surface area contributed by atoms with Crippen molar-refractivity contribution in [2.75, 3.05) is 7.11 Å². The molecule has 0 fully saturated rings. The summed E-state index contributed by atoms with van der Waals surface area (Å²) in [5.41, 5.74) is -0.994. The van der Waals surface area contributed by atoms with Crippen LogP contribution in [-0.2, 0) is 9.53 Å². The first-order valence-electron chi connectivity index (χ1n) is 5.90. The standard InChI is InChI=1S/C15H14INO3/c1-17-15(9-6-10-16,14(19)20-2)11-13(18)12-7-4-3-5-8-12/h3-8,10H,9,11H2,2H3/t15-/m1/s1. The zero-order chi connectivity index (χ0) is 15.0. The zero-order valence-corrected chi connectivity index (χ0v) is 13.2. The molecule has 0 heterocycles. The van der Waals surface area contributed by atoms with Gasteiger partial charge in [0.25, 0.3) is 0 Å². The number of ketones is 1. The number of carbonyl (C=O) groups excluding carboxylic acids is 2. The molecule has 1 rings (SSSR count).